The number of nitrogens with one attached hydrogen (secondary N) is 2. The summed E-state index contributed by atoms with van der Waals surface area (Å²) in [4.78, 5) is 6.84. The van der Waals surface area contributed by atoms with Crippen LogP contribution in [0.25, 0.3) is 0 Å². The highest BCUT2D eigenvalue weighted by molar-refractivity contribution is 7.81. The fraction of sp³-hybridized carbons (Fsp3) is 0.400. The number of piperazine rings is 1. The van der Waals surface area contributed by atoms with E-state index in [0.29, 0.717) is 29.5 Å². The van der Waals surface area contributed by atoms with Crippen LogP contribution in [-0.4, -0.2) is 65.4 Å². The summed E-state index contributed by atoms with van der Waals surface area (Å²) < 4.78 is 14.7. The van der Waals surface area contributed by atoms with Gasteiger partial charge in [0.25, 0.3) is 0 Å². The Morgan fingerprint density at radius 2 is 1.97 bits per heavy atom. The van der Waals surface area contributed by atoms with E-state index in [0.717, 1.165) is 36.0 Å². The van der Waals surface area contributed by atoms with Crippen LogP contribution in [0.2, 0.25) is 0 Å². The fourth-order valence-electron chi connectivity index (χ4n) is 3.15. The highest BCUT2D eigenvalue weighted by Gasteiger charge is 2.22. The zero-order chi connectivity index (χ0) is 20.8. The Labute approximate surface area is 185 Å². The van der Waals surface area contributed by atoms with Crippen molar-refractivity contribution in [2.45, 2.75) is 13.0 Å². The normalized spacial score (nSPS) is 15.1. The molecule has 2 heterocycles. The zero-order valence-corrected chi connectivity index (χ0v) is 18.7. The Bertz CT molecular complexity index is 838. The summed E-state index contributed by atoms with van der Waals surface area (Å²) in [5.41, 5.74) is 1.23. The molecule has 1 saturated heterocycles. The molecule has 2 aromatic rings. The monoisotopic (exact) mass is 452 g/mol. The van der Waals surface area contributed by atoms with Gasteiger partial charge in [0.2, 0.25) is 0 Å². The molecule has 0 radical (unpaired) electrons. The van der Waals surface area contributed by atoms with E-state index in [1.165, 1.54) is 6.07 Å². The first-order valence-corrected chi connectivity index (χ1v) is 11.2. The molecule has 1 aliphatic rings. The summed E-state index contributed by atoms with van der Waals surface area (Å²) in [6.07, 6.45) is -0.615. The molecule has 0 saturated carbocycles. The minimum absolute atomic E-state index is 0.272. The van der Waals surface area contributed by atoms with Gasteiger partial charge in [0.05, 0.1) is 21.7 Å². The second-order valence-electron chi connectivity index (χ2n) is 6.89. The minimum atomic E-state index is -0.615. The number of nitrogens with zero attached hydrogens (tertiary/aromatic N) is 2. The molecule has 9 heteroatoms. The Kier molecular flexibility index (Phi) is 7.77. The number of halogens is 1. The molecule has 0 bridgehead atoms. The van der Waals surface area contributed by atoms with Gasteiger partial charge in [-0.05, 0) is 36.6 Å². The third kappa shape index (κ3) is 6.08. The van der Waals surface area contributed by atoms with Crippen LogP contribution in [0.1, 0.15) is 11.8 Å². The lowest BCUT2D eigenvalue weighted by molar-refractivity contribution is 0.191. The van der Waals surface area contributed by atoms with E-state index in [1.54, 1.807) is 24.3 Å². The van der Waals surface area contributed by atoms with Crippen LogP contribution in [0.15, 0.2) is 35.7 Å². The van der Waals surface area contributed by atoms with Gasteiger partial charge < -0.3 is 25.5 Å². The molecular formula is C20H25FN4OS3. The number of thiocarbonyl (C=S) groups is 2. The molecule has 29 heavy (non-hydrogen) atoms. The lowest BCUT2D eigenvalue weighted by Gasteiger charge is -2.37. The molecule has 1 aliphatic heterocycles. The predicted molar refractivity (Wildman–Crippen MR) is 127 cm³/mol. The van der Waals surface area contributed by atoms with Gasteiger partial charge in [0, 0.05) is 45.0 Å². The second kappa shape index (κ2) is 10.3. The van der Waals surface area contributed by atoms with Crippen LogP contribution >= 0.6 is 35.8 Å². The summed E-state index contributed by atoms with van der Waals surface area (Å²) >= 11 is 12.1. The largest absolute Gasteiger partial charge is 0.389 e. The first kappa shape index (κ1) is 21.9. The van der Waals surface area contributed by atoms with Gasteiger partial charge in [0.1, 0.15) is 10.8 Å². The number of aliphatic hydroxyl groups excluding tert-OH is 1. The van der Waals surface area contributed by atoms with Crippen molar-refractivity contribution in [1.29, 1.82) is 0 Å². The fourth-order valence-corrected chi connectivity index (χ4v) is 4.32. The maximum atomic E-state index is 14.7. The molecule has 0 aliphatic carbocycles. The molecule has 1 fully saturated rings. The van der Waals surface area contributed by atoms with E-state index in [1.807, 2.05) is 28.5 Å². The van der Waals surface area contributed by atoms with Gasteiger partial charge in [-0.3, -0.25) is 0 Å². The van der Waals surface area contributed by atoms with Crippen LogP contribution in [0, 0.1) is 5.82 Å². The summed E-state index contributed by atoms with van der Waals surface area (Å²) in [6.45, 7) is 5.42. The number of hydrogen-bond donors (Lipinski definition) is 3. The molecule has 5 nitrogen and oxygen atoms in total. The summed E-state index contributed by atoms with van der Waals surface area (Å²) in [6, 6.07) is 9.14. The number of thiophene rings is 1. The molecular weight excluding hydrogens is 427 g/mol. The van der Waals surface area contributed by atoms with Gasteiger partial charge in [-0.2, -0.15) is 0 Å². The average molecular weight is 453 g/mol. The van der Waals surface area contributed by atoms with Crippen LogP contribution in [0.4, 0.5) is 15.8 Å². The van der Waals surface area contributed by atoms with E-state index in [9.17, 15) is 9.50 Å². The number of aliphatic hydroxyl groups is 1. The Hall–Kier alpha value is -1.81. The standard InChI is InChI=1S/C20H25FN4OS3/c1-14(27)22-12-16(26)13-23-15-4-5-18(17(21)11-15)24-6-8-25(9-7-24)20(28)19-3-2-10-29-19/h2-5,10-11,16,23,26H,6-9,12-13H2,1H3,(H,22,27)/t16-/m0/s1. The SMILES string of the molecule is CC(=S)NC[C@H](O)CNc1ccc(N2CCN(C(=S)c3cccs3)CC2)c(F)c1. The van der Waals surface area contributed by atoms with E-state index in [2.05, 4.69) is 15.5 Å². The van der Waals surface area contributed by atoms with Crippen LogP contribution in [-0.2, 0) is 0 Å². The van der Waals surface area contributed by atoms with Gasteiger partial charge in [-0.1, -0.05) is 30.5 Å². The van der Waals surface area contributed by atoms with Crippen molar-refractivity contribution >= 4 is 57.1 Å². The quantitative estimate of drug-likeness (QED) is 0.558. The van der Waals surface area contributed by atoms with Crippen molar-refractivity contribution in [2.24, 2.45) is 0 Å². The Morgan fingerprint density at radius 3 is 2.59 bits per heavy atom. The number of anilines is 2. The third-order valence-corrected chi connectivity index (χ3v) is 6.34. The van der Waals surface area contributed by atoms with Gasteiger partial charge in [-0.25, -0.2) is 4.39 Å². The van der Waals surface area contributed by atoms with Crippen molar-refractivity contribution in [1.82, 2.24) is 10.2 Å². The molecule has 1 aromatic carbocycles. The third-order valence-electron chi connectivity index (χ3n) is 4.72. The molecule has 0 unspecified atom stereocenters. The van der Waals surface area contributed by atoms with E-state index < -0.39 is 6.10 Å². The number of hydrogen-bond acceptors (Lipinski definition) is 6. The molecule has 0 spiro atoms. The van der Waals surface area contributed by atoms with E-state index >= 15 is 0 Å². The van der Waals surface area contributed by atoms with Crippen LogP contribution in [0.3, 0.4) is 0 Å². The first-order chi connectivity index (χ1) is 13.9. The molecule has 0 amide bonds. The Morgan fingerprint density at radius 1 is 1.21 bits per heavy atom. The summed E-state index contributed by atoms with van der Waals surface area (Å²) in [5.74, 6) is -0.272. The maximum Gasteiger partial charge on any atom is 0.148 e. The summed E-state index contributed by atoms with van der Waals surface area (Å²) in [5, 5.41) is 17.9. The van der Waals surface area contributed by atoms with E-state index in [4.69, 9.17) is 24.4 Å². The van der Waals surface area contributed by atoms with Crippen molar-refractivity contribution in [2.75, 3.05) is 49.5 Å². The highest BCUT2D eigenvalue weighted by Crippen LogP contribution is 2.25. The van der Waals surface area contributed by atoms with Crippen molar-refractivity contribution < 1.29 is 9.50 Å². The molecule has 156 valence electrons. The van der Waals surface area contributed by atoms with Crippen molar-refractivity contribution in [3.8, 4) is 0 Å². The predicted octanol–water partition coefficient (Wildman–Crippen LogP) is 3.09. The maximum absolute atomic E-state index is 14.7. The van der Waals surface area contributed by atoms with Crippen LogP contribution in [0.5, 0.6) is 0 Å². The molecule has 3 N–H and O–H groups in total. The lowest BCUT2D eigenvalue weighted by atomic mass is 10.2. The highest BCUT2D eigenvalue weighted by atomic mass is 32.1. The summed E-state index contributed by atoms with van der Waals surface area (Å²) in [7, 11) is 0. The minimum Gasteiger partial charge on any atom is -0.389 e. The smallest absolute Gasteiger partial charge is 0.148 e. The van der Waals surface area contributed by atoms with Gasteiger partial charge in [0.15, 0.2) is 0 Å². The van der Waals surface area contributed by atoms with Crippen LogP contribution < -0.4 is 15.5 Å². The number of rotatable bonds is 7. The van der Waals surface area contributed by atoms with Crippen molar-refractivity contribution in [3.05, 3.63) is 46.4 Å². The zero-order valence-electron chi connectivity index (χ0n) is 16.2. The number of benzene rings is 1. The second-order valence-corrected chi connectivity index (χ2v) is 8.84. The average Bonchev–Trinajstić information content (AvgIpc) is 3.25. The molecule has 3 rings (SSSR count). The lowest BCUT2D eigenvalue weighted by Crippen LogP contribution is -2.48. The molecule has 1 aromatic heterocycles. The van der Waals surface area contributed by atoms with Crippen molar-refractivity contribution in [3.63, 3.8) is 0 Å². The van der Waals surface area contributed by atoms with Gasteiger partial charge in [-0.15, -0.1) is 11.3 Å². The topological polar surface area (TPSA) is 50.8 Å². The Balaban J connectivity index is 1.52. The van der Waals surface area contributed by atoms with Gasteiger partial charge >= 0.3 is 0 Å². The molecule has 1 atom stereocenters. The first-order valence-electron chi connectivity index (χ1n) is 9.47. The van der Waals surface area contributed by atoms with E-state index in [-0.39, 0.29) is 5.82 Å².